The molecule has 9 heteroatoms. The number of rotatable bonds is 6. The molecule has 1 fully saturated rings. The van der Waals surface area contributed by atoms with Gasteiger partial charge in [-0.15, -0.1) is 0 Å². The van der Waals surface area contributed by atoms with Crippen molar-refractivity contribution in [2.75, 3.05) is 26.2 Å². The Bertz CT molecular complexity index is 1520. The molecule has 0 spiro atoms. The van der Waals surface area contributed by atoms with Crippen LogP contribution in [0.3, 0.4) is 0 Å². The van der Waals surface area contributed by atoms with Gasteiger partial charge in [0.25, 0.3) is 0 Å². The highest BCUT2D eigenvalue weighted by Crippen LogP contribution is 2.42. The molecule has 1 amide bonds. The maximum absolute atomic E-state index is 13.5. The number of pyridine rings is 1. The number of primary amides is 1. The third-order valence-corrected chi connectivity index (χ3v) is 7.88. The number of aryl methyl sites for hydroxylation is 1. The molecule has 0 radical (unpaired) electrons. The van der Waals surface area contributed by atoms with Gasteiger partial charge in [0, 0.05) is 17.1 Å². The van der Waals surface area contributed by atoms with Gasteiger partial charge in [-0.1, -0.05) is 19.9 Å². The van der Waals surface area contributed by atoms with Gasteiger partial charge in [0.2, 0.25) is 5.91 Å². The predicted octanol–water partition coefficient (Wildman–Crippen LogP) is 4.76. The quantitative estimate of drug-likeness (QED) is 0.396. The zero-order valence-electron chi connectivity index (χ0n) is 22.8. The zero-order chi connectivity index (χ0) is 27.1. The lowest BCUT2D eigenvalue weighted by Gasteiger charge is -2.31. The third kappa shape index (κ3) is 4.45. The fourth-order valence-electron chi connectivity index (χ4n) is 5.90. The molecule has 5 rings (SSSR count). The number of amides is 1. The second-order valence-corrected chi connectivity index (χ2v) is 10.6. The highest BCUT2D eigenvalue weighted by molar-refractivity contribution is 6.00. The average molecular weight is 517 g/mol. The highest BCUT2D eigenvalue weighted by atomic mass is 16.5. The number of nitrogens with two attached hydrogens (primary N) is 1. The van der Waals surface area contributed by atoms with Crippen molar-refractivity contribution >= 4 is 28.6 Å². The van der Waals surface area contributed by atoms with Gasteiger partial charge in [-0.05, 0) is 92.9 Å². The van der Waals surface area contributed by atoms with E-state index in [0.29, 0.717) is 12.5 Å². The molecule has 0 unspecified atom stereocenters. The molecule has 9 nitrogen and oxygen atoms in total. The number of nitrogens with zero attached hydrogens (tertiary/aromatic N) is 5. The van der Waals surface area contributed by atoms with Crippen molar-refractivity contribution < 1.29 is 14.3 Å². The van der Waals surface area contributed by atoms with E-state index in [9.17, 15) is 9.59 Å². The Labute approximate surface area is 222 Å². The highest BCUT2D eigenvalue weighted by Gasteiger charge is 2.29. The van der Waals surface area contributed by atoms with Gasteiger partial charge in [0.15, 0.2) is 5.65 Å². The maximum atomic E-state index is 13.5. The first-order chi connectivity index (χ1) is 18.2. The fourth-order valence-corrected chi connectivity index (χ4v) is 5.90. The van der Waals surface area contributed by atoms with Gasteiger partial charge < -0.3 is 10.5 Å². The zero-order valence-corrected chi connectivity index (χ0v) is 22.8. The average Bonchev–Trinajstić information content (AvgIpc) is 3.48. The minimum absolute atomic E-state index is 0.155. The molecule has 38 heavy (non-hydrogen) atoms. The van der Waals surface area contributed by atoms with Gasteiger partial charge in [-0.2, -0.15) is 5.10 Å². The van der Waals surface area contributed by atoms with E-state index in [1.54, 1.807) is 15.4 Å². The lowest BCUT2D eigenvalue weighted by atomic mass is 9.87. The molecule has 200 valence electrons. The van der Waals surface area contributed by atoms with Crippen LogP contribution in [0.2, 0.25) is 0 Å². The van der Waals surface area contributed by atoms with Crippen LogP contribution in [-0.4, -0.2) is 62.3 Å². The van der Waals surface area contributed by atoms with Crippen molar-refractivity contribution in [3.63, 3.8) is 0 Å². The molecule has 1 aliphatic heterocycles. The second-order valence-electron chi connectivity index (χ2n) is 10.6. The minimum Gasteiger partial charge on any atom is -0.449 e. The van der Waals surface area contributed by atoms with Crippen LogP contribution in [-0.2, 0) is 9.53 Å². The summed E-state index contributed by atoms with van der Waals surface area (Å²) in [5.74, 6) is 0.254. The van der Waals surface area contributed by atoms with Crippen LogP contribution in [0.5, 0.6) is 0 Å². The van der Waals surface area contributed by atoms with Crippen molar-refractivity contribution in [1.82, 2.24) is 24.1 Å². The van der Waals surface area contributed by atoms with E-state index in [4.69, 9.17) is 10.5 Å². The lowest BCUT2D eigenvalue weighted by molar-refractivity contribution is -0.119. The van der Waals surface area contributed by atoms with Gasteiger partial charge in [-0.25, -0.2) is 18.9 Å². The summed E-state index contributed by atoms with van der Waals surface area (Å²) in [5.41, 5.74) is 13.3. The van der Waals surface area contributed by atoms with Crippen LogP contribution < -0.4 is 5.73 Å². The lowest BCUT2D eigenvalue weighted by Crippen LogP contribution is -2.39. The van der Waals surface area contributed by atoms with Gasteiger partial charge in [0.1, 0.15) is 6.33 Å². The van der Waals surface area contributed by atoms with Gasteiger partial charge >= 0.3 is 6.09 Å². The molecule has 4 heterocycles. The van der Waals surface area contributed by atoms with Crippen LogP contribution in [0.15, 0.2) is 30.7 Å². The fraction of sp³-hybridized carbons (Fsp3) is 0.448. The summed E-state index contributed by atoms with van der Waals surface area (Å²) >= 11 is 0. The standard InChI is InChI=1S/C29H36N6O3/c1-6-38-29(37)35-24-8-7-21(20-9-11-33(12-10-20)15-25(30)36)13-22(24)26(17(2)3)27(35)23-14-34-28(31-16-32-34)19(5)18(23)4/h7-8,13-14,16-17,20H,6,9-12,15H2,1-5H3,(H2,30,36). The van der Waals surface area contributed by atoms with E-state index in [0.717, 1.165) is 70.4 Å². The Balaban J connectivity index is 1.69. The van der Waals surface area contributed by atoms with Crippen molar-refractivity contribution in [3.05, 3.63) is 53.0 Å². The molecule has 2 N–H and O–H groups in total. The van der Waals surface area contributed by atoms with Crippen LogP contribution in [0, 0.1) is 13.8 Å². The number of ether oxygens (including phenoxy) is 1. The van der Waals surface area contributed by atoms with E-state index in [2.05, 4.69) is 54.0 Å². The van der Waals surface area contributed by atoms with E-state index < -0.39 is 0 Å². The number of benzene rings is 1. The SMILES string of the molecule is CCOC(=O)n1c(-c2cn3ncnc3c(C)c2C)c(C(C)C)c2cc(C3CCN(CC(N)=O)CC3)ccc21. The monoisotopic (exact) mass is 516 g/mol. The first-order valence-electron chi connectivity index (χ1n) is 13.4. The second kappa shape index (κ2) is 10.2. The smallest absolute Gasteiger partial charge is 0.418 e. The summed E-state index contributed by atoms with van der Waals surface area (Å²) in [6, 6.07) is 6.45. The number of hydrogen-bond donors (Lipinski definition) is 1. The van der Waals surface area contributed by atoms with Crippen molar-refractivity contribution in [3.8, 4) is 11.3 Å². The Hall–Kier alpha value is -3.72. The largest absolute Gasteiger partial charge is 0.449 e. The summed E-state index contributed by atoms with van der Waals surface area (Å²) in [7, 11) is 0. The maximum Gasteiger partial charge on any atom is 0.418 e. The molecule has 1 saturated heterocycles. The van der Waals surface area contributed by atoms with Crippen molar-refractivity contribution in [2.45, 2.75) is 59.3 Å². The van der Waals surface area contributed by atoms with E-state index in [1.165, 1.54) is 5.56 Å². The summed E-state index contributed by atoms with van der Waals surface area (Å²) in [6.07, 6.45) is 5.06. The molecule has 0 saturated carbocycles. The Morgan fingerprint density at radius 3 is 2.55 bits per heavy atom. The molecular formula is C29H36N6O3. The molecule has 3 aromatic heterocycles. The molecule has 0 bridgehead atoms. The summed E-state index contributed by atoms with van der Waals surface area (Å²) in [5, 5.41) is 5.46. The van der Waals surface area contributed by atoms with Gasteiger partial charge in [0.05, 0.1) is 24.4 Å². The van der Waals surface area contributed by atoms with Crippen LogP contribution in [0.25, 0.3) is 27.8 Å². The molecule has 0 aliphatic carbocycles. The predicted molar refractivity (Wildman–Crippen MR) is 148 cm³/mol. The summed E-state index contributed by atoms with van der Waals surface area (Å²) in [6.45, 7) is 12.5. The molecule has 1 aliphatic rings. The molecule has 4 aromatic rings. The summed E-state index contributed by atoms with van der Waals surface area (Å²) in [4.78, 5) is 31.4. The normalized spacial score (nSPS) is 15.1. The van der Waals surface area contributed by atoms with E-state index in [-0.39, 0.29) is 24.5 Å². The van der Waals surface area contributed by atoms with Gasteiger partial charge in [-0.3, -0.25) is 9.69 Å². The van der Waals surface area contributed by atoms with Crippen LogP contribution >= 0.6 is 0 Å². The number of carbonyl (C=O) groups excluding carboxylic acids is 2. The Morgan fingerprint density at radius 2 is 1.89 bits per heavy atom. The number of aromatic nitrogens is 4. The Kier molecular flexibility index (Phi) is 6.96. The third-order valence-electron chi connectivity index (χ3n) is 7.88. The van der Waals surface area contributed by atoms with Crippen molar-refractivity contribution in [2.24, 2.45) is 5.73 Å². The van der Waals surface area contributed by atoms with Crippen LogP contribution in [0.1, 0.15) is 67.7 Å². The number of likely N-dealkylation sites (tertiary alicyclic amines) is 1. The first kappa shape index (κ1) is 25.9. The number of fused-ring (bicyclic) bond motifs is 2. The minimum atomic E-state index is -0.386. The van der Waals surface area contributed by atoms with E-state index >= 15 is 0 Å². The molecule has 1 aromatic carbocycles. The van der Waals surface area contributed by atoms with Crippen molar-refractivity contribution in [1.29, 1.82) is 0 Å². The first-order valence-corrected chi connectivity index (χ1v) is 13.4. The molecule has 0 atom stereocenters. The number of piperidine rings is 1. The van der Waals surface area contributed by atoms with E-state index in [1.807, 2.05) is 20.0 Å². The number of hydrogen-bond acceptors (Lipinski definition) is 6. The number of carbonyl (C=O) groups is 2. The summed E-state index contributed by atoms with van der Waals surface area (Å²) < 4.78 is 9.08. The molecular weight excluding hydrogens is 480 g/mol. The Morgan fingerprint density at radius 1 is 1.16 bits per heavy atom. The topological polar surface area (TPSA) is 108 Å². The van der Waals surface area contributed by atoms with Crippen LogP contribution in [0.4, 0.5) is 4.79 Å².